The van der Waals surface area contributed by atoms with Crippen molar-refractivity contribution in [3.63, 3.8) is 0 Å². The molecule has 48 heavy (non-hydrogen) atoms. The van der Waals surface area contributed by atoms with Crippen molar-refractivity contribution < 1.29 is 27.5 Å². The second-order valence-electron chi connectivity index (χ2n) is 15.1. The van der Waals surface area contributed by atoms with Crippen molar-refractivity contribution in [2.24, 2.45) is 21.7 Å². The van der Waals surface area contributed by atoms with Crippen molar-refractivity contribution in [1.82, 2.24) is 30.8 Å². The first-order valence-corrected chi connectivity index (χ1v) is 16.3. The molecule has 2 aliphatic rings. The van der Waals surface area contributed by atoms with Gasteiger partial charge in [0, 0.05) is 11.1 Å². The number of rotatable bonds is 9. The number of tetrazole rings is 1. The van der Waals surface area contributed by atoms with E-state index in [1.807, 2.05) is 17.0 Å². The lowest BCUT2D eigenvalue weighted by molar-refractivity contribution is -0.274. The molecule has 3 aromatic rings. The number of amides is 2. The summed E-state index contributed by atoms with van der Waals surface area (Å²) in [7, 11) is 0. The van der Waals surface area contributed by atoms with Crippen LogP contribution in [0.1, 0.15) is 113 Å². The van der Waals surface area contributed by atoms with E-state index >= 15 is 0 Å². The van der Waals surface area contributed by atoms with Gasteiger partial charge in [0.25, 0.3) is 11.8 Å². The Kier molecular flexibility index (Phi) is 9.71. The van der Waals surface area contributed by atoms with E-state index in [0.717, 1.165) is 24.8 Å². The van der Waals surface area contributed by atoms with Crippen LogP contribution in [0.15, 0.2) is 53.5 Å². The number of benzene rings is 2. The van der Waals surface area contributed by atoms with Crippen molar-refractivity contribution >= 4 is 17.5 Å². The van der Waals surface area contributed by atoms with Crippen LogP contribution in [0.25, 0.3) is 0 Å². The molecule has 2 heterocycles. The fraction of sp³-hybridized carbons (Fsp3) is 0.543. The number of nitrogens with zero attached hydrogens (tertiary/aromatic N) is 5. The van der Waals surface area contributed by atoms with Crippen LogP contribution in [0.3, 0.4) is 0 Å². The molecule has 0 saturated heterocycles. The smallest absolute Gasteiger partial charge is 0.406 e. The van der Waals surface area contributed by atoms with Crippen LogP contribution in [0.4, 0.5) is 13.2 Å². The second kappa shape index (κ2) is 13.3. The summed E-state index contributed by atoms with van der Waals surface area (Å²) < 4.78 is 43.5. The highest BCUT2D eigenvalue weighted by Crippen LogP contribution is 2.50. The molecule has 1 aromatic heterocycles. The molecule has 1 atom stereocenters. The van der Waals surface area contributed by atoms with Gasteiger partial charge in [-0.1, -0.05) is 71.0 Å². The van der Waals surface area contributed by atoms with Gasteiger partial charge in [0.1, 0.15) is 17.1 Å². The van der Waals surface area contributed by atoms with Crippen LogP contribution in [0.2, 0.25) is 0 Å². The predicted octanol–water partition coefficient (Wildman–Crippen LogP) is 7.16. The van der Waals surface area contributed by atoms with Gasteiger partial charge in [-0.25, -0.2) is 0 Å². The summed E-state index contributed by atoms with van der Waals surface area (Å²) in [5.41, 5.74) is 0.878. The molecule has 10 nitrogen and oxygen atoms in total. The summed E-state index contributed by atoms with van der Waals surface area (Å²) in [6, 6.07) is 12.3. The minimum Gasteiger partial charge on any atom is -0.406 e. The summed E-state index contributed by atoms with van der Waals surface area (Å²) in [5.74, 6) is -0.252. The lowest BCUT2D eigenvalue weighted by Crippen LogP contribution is -2.51. The Morgan fingerprint density at radius 3 is 2.33 bits per heavy atom. The molecule has 0 bridgehead atoms. The molecule has 1 saturated carbocycles. The maximum absolute atomic E-state index is 14.6. The van der Waals surface area contributed by atoms with Gasteiger partial charge in [-0.2, -0.15) is 5.21 Å². The second-order valence-corrected chi connectivity index (χ2v) is 15.1. The Bertz CT molecular complexity index is 1620. The average molecular weight is 668 g/mol. The topological polar surface area (TPSA) is 125 Å². The van der Waals surface area contributed by atoms with Gasteiger partial charge in [-0.05, 0) is 85.1 Å². The zero-order chi connectivity index (χ0) is 34.9. The Morgan fingerprint density at radius 2 is 1.75 bits per heavy atom. The molecule has 2 aromatic carbocycles. The standard InChI is InChI=1S/C35H44F3N7O3/c1-32(2,3)17-16-27(22-10-12-23(13-11-22)30(46)39-21-28-41-43-44-42-28)45-31(47)29(24-8-7-9-26(20-24)48-35(36,37)38)40-34(45)18-14-25(15-19-34)33(4,5)6/h7-13,20,25,27H,14-19,21H2,1-6H3,(H,39,46)(H,41,42,43,44)/t25?,27-,34?/m1/s1. The normalized spacial score (nSPS) is 20.9. The minimum atomic E-state index is -4.87. The summed E-state index contributed by atoms with van der Waals surface area (Å²) in [6.07, 6.45) is -0.480. The molecule has 258 valence electrons. The summed E-state index contributed by atoms with van der Waals surface area (Å²) >= 11 is 0. The number of halogens is 3. The number of aliphatic imine (C=N–C) groups is 1. The van der Waals surface area contributed by atoms with Gasteiger partial charge >= 0.3 is 6.36 Å². The zero-order valence-electron chi connectivity index (χ0n) is 28.3. The van der Waals surface area contributed by atoms with Gasteiger partial charge in [-0.3, -0.25) is 14.6 Å². The molecule has 1 fully saturated rings. The lowest BCUT2D eigenvalue weighted by atomic mass is 9.69. The van der Waals surface area contributed by atoms with E-state index in [9.17, 15) is 22.8 Å². The number of aromatic amines is 1. The Hall–Kier alpha value is -4.29. The first-order chi connectivity index (χ1) is 22.4. The zero-order valence-corrected chi connectivity index (χ0v) is 28.3. The summed E-state index contributed by atoms with van der Waals surface area (Å²) in [5, 5.41) is 16.3. The molecule has 0 radical (unpaired) electrons. The third-order valence-electron chi connectivity index (χ3n) is 9.38. The van der Waals surface area contributed by atoms with E-state index in [-0.39, 0.29) is 40.5 Å². The van der Waals surface area contributed by atoms with E-state index in [1.165, 1.54) is 18.2 Å². The highest BCUT2D eigenvalue weighted by molar-refractivity contribution is 6.46. The number of hydrogen-bond donors (Lipinski definition) is 2. The number of alkyl halides is 3. The van der Waals surface area contributed by atoms with Crippen LogP contribution in [0.5, 0.6) is 5.75 Å². The average Bonchev–Trinajstić information content (AvgIpc) is 3.62. The fourth-order valence-corrected chi connectivity index (χ4v) is 6.76. The van der Waals surface area contributed by atoms with E-state index in [4.69, 9.17) is 4.99 Å². The molecule has 13 heteroatoms. The monoisotopic (exact) mass is 667 g/mol. The molecular weight excluding hydrogens is 623 g/mol. The van der Waals surface area contributed by atoms with E-state index in [0.29, 0.717) is 36.6 Å². The molecule has 2 amide bonds. The van der Waals surface area contributed by atoms with Crippen LogP contribution in [0, 0.1) is 16.7 Å². The van der Waals surface area contributed by atoms with E-state index in [2.05, 4.69) is 72.2 Å². The minimum absolute atomic E-state index is 0.0417. The quantitative estimate of drug-likeness (QED) is 0.250. The fourth-order valence-electron chi connectivity index (χ4n) is 6.76. The van der Waals surface area contributed by atoms with Crippen molar-refractivity contribution in [1.29, 1.82) is 0 Å². The van der Waals surface area contributed by atoms with Gasteiger partial charge < -0.3 is 15.0 Å². The molecule has 2 N–H and O–H groups in total. The van der Waals surface area contributed by atoms with E-state index in [1.54, 1.807) is 18.2 Å². The first-order valence-electron chi connectivity index (χ1n) is 16.3. The molecule has 1 aliphatic carbocycles. The van der Waals surface area contributed by atoms with Gasteiger partial charge in [0.15, 0.2) is 5.82 Å². The number of hydrogen-bond acceptors (Lipinski definition) is 7. The lowest BCUT2D eigenvalue weighted by Gasteiger charge is -2.47. The number of carbonyl (C=O) groups is 2. The van der Waals surface area contributed by atoms with E-state index < -0.39 is 23.8 Å². The van der Waals surface area contributed by atoms with Crippen molar-refractivity contribution in [3.8, 4) is 5.75 Å². The highest BCUT2D eigenvalue weighted by Gasteiger charge is 2.53. The first kappa shape index (κ1) is 35.0. The molecular formula is C35H44F3N7O3. The molecule has 0 unspecified atom stereocenters. The Labute approximate surface area is 278 Å². The number of nitrogens with one attached hydrogen (secondary N) is 2. The molecule has 1 aliphatic heterocycles. The largest absolute Gasteiger partial charge is 0.573 e. The van der Waals surface area contributed by atoms with Gasteiger partial charge in [-0.15, -0.1) is 23.4 Å². The molecule has 1 spiro atoms. The highest BCUT2D eigenvalue weighted by atomic mass is 19.4. The van der Waals surface area contributed by atoms with Gasteiger partial charge in [0.2, 0.25) is 0 Å². The van der Waals surface area contributed by atoms with Crippen LogP contribution >= 0.6 is 0 Å². The third-order valence-corrected chi connectivity index (χ3v) is 9.38. The number of aromatic nitrogens is 4. The van der Waals surface area contributed by atoms with Crippen molar-refractivity contribution in [2.75, 3.05) is 0 Å². The number of ether oxygens (including phenoxy) is 1. The Morgan fingerprint density at radius 1 is 1.06 bits per heavy atom. The van der Waals surface area contributed by atoms with Gasteiger partial charge in [0.05, 0.1) is 12.6 Å². The Balaban J connectivity index is 1.51. The summed E-state index contributed by atoms with van der Waals surface area (Å²) in [4.78, 5) is 34.5. The third kappa shape index (κ3) is 8.22. The SMILES string of the molecule is CC(C)(C)CC[C@H](c1ccc(C(=O)NCc2nn[nH]n2)cc1)N1C(=O)C(c2cccc(OC(F)(F)F)c2)=NC12CCC(C(C)(C)C)CC2. The summed E-state index contributed by atoms with van der Waals surface area (Å²) in [6.45, 7) is 13.2. The molecule has 5 rings (SSSR count). The maximum atomic E-state index is 14.6. The van der Waals surface area contributed by atoms with Crippen molar-refractivity contribution in [2.45, 2.75) is 105 Å². The number of H-pyrrole nitrogens is 1. The predicted molar refractivity (Wildman–Crippen MR) is 174 cm³/mol. The van der Waals surface area contributed by atoms with Crippen molar-refractivity contribution in [3.05, 3.63) is 71.0 Å². The maximum Gasteiger partial charge on any atom is 0.573 e. The van der Waals surface area contributed by atoms with Crippen LogP contribution < -0.4 is 10.1 Å². The van der Waals surface area contributed by atoms with Crippen LogP contribution in [-0.4, -0.2) is 55.1 Å². The number of carbonyl (C=O) groups excluding carboxylic acids is 2. The van der Waals surface area contributed by atoms with Crippen LogP contribution in [-0.2, 0) is 11.3 Å².